The van der Waals surface area contributed by atoms with Gasteiger partial charge >= 0.3 is 5.97 Å². The number of carbonyl (C=O) groups is 2. The van der Waals surface area contributed by atoms with E-state index in [0.717, 1.165) is 32.1 Å². The van der Waals surface area contributed by atoms with Crippen LogP contribution >= 0.6 is 0 Å². The maximum Gasteiger partial charge on any atom is 0.306 e. The van der Waals surface area contributed by atoms with Gasteiger partial charge in [-0.25, -0.2) is 0 Å². The van der Waals surface area contributed by atoms with Gasteiger partial charge in [0.15, 0.2) is 0 Å². The fourth-order valence-corrected chi connectivity index (χ4v) is 3.02. The van der Waals surface area contributed by atoms with Crippen LogP contribution in [0.15, 0.2) is 0 Å². The Morgan fingerprint density at radius 1 is 0.941 bits per heavy atom. The first kappa shape index (κ1) is 12.4. The van der Waals surface area contributed by atoms with Crippen LogP contribution in [0.5, 0.6) is 0 Å². The maximum atomic E-state index is 12.0. The number of amides is 1. The molecule has 1 amide bonds. The van der Waals surface area contributed by atoms with E-state index in [4.69, 9.17) is 5.11 Å². The summed E-state index contributed by atoms with van der Waals surface area (Å²) in [5, 5.41) is 11.9. The first-order valence-corrected chi connectivity index (χ1v) is 6.70. The number of carboxylic acids is 1. The van der Waals surface area contributed by atoms with Gasteiger partial charge in [0, 0.05) is 12.0 Å². The van der Waals surface area contributed by atoms with Gasteiger partial charge in [0.05, 0.1) is 5.92 Å². The van der Waals surface area contributed by atoms with Crippen LogP contribution in [0.2, 0.25) is 0 Å². The third kappa shape index (κ3) is 3.20. The number of carbonyl (C=O) groups excluding carboxylic acids is 1. The molecule has 96 valence electrons. The monoisotopic (exact) mass is 239 g/mol. The Balaban J connectivity index is 1.77. The fraction of sp³-hybridized carbons (Fsp3) is 0.846. The molecule has 0 radical (unpaired) electrons. The first-order chi connectivity index (χ1) is 8.16. The van der Waals surface area contributed by atoms with E-state index in [-0.39, 0.29) is 23.8 Å². The molecule has 0 saturated heterocycles. The molecule has 2 unspecified atom stereocenters. The van der Waals surface area contributed by atoms with E-state index in [1.807, 2.05) is 0 Å². The standard InChI is InChI=1S/C13H21NO3/c15-12(9-4-2-1-3-5-9)14-11-7-6-10(8-11)13(16)17/h9-11H,1-8H2,(H,14,15)(H,16,17). The highest BCUT2D eigenvalue weighted by atomic mass is 16.4. The minimum absolute atomic E-state index is 0.0885. The van der Waals surface area contributed by atoms with Gasteiger partial charge < -0.3 is 10.4 Å². The van der Waals surface area contributed by atoms with Gasteiger partial charge in [-0.1, -0.05) is 19.3 Å². The zero-order valence-corrected chi connectivity index (χ0v) is 10.2. The lowest BCUT2D eigenvalue weighted by Crippen LogP contribution is -2.38. The zero-order chi connectivity index (χ0) is 12.3. The number of nitrogens with one attached hydrogen (secondary N) is 1. The third-order valence-electron chi connectivity index (χ3n) is 4.10. The van der Waals surface area contributed by atoms with E-state index >= 15 is 0 Å². The van der Waals surface area contributed by atoms with Crippen LogP contribution in [0.3, 0.4) is 0 Å². The molecule has 17 heavy (non-hydrogen) atoms. The van der Waals surface area contributed by atoms with E-state index in [0.29, 0.717) is 12.8 Å². The van der Waals surface area contributed by atoms with Gasteiger partial charge in [0.2, 0.25) is 5.91 Å². The van der Waals surface area contributed by atoms with Gasteiger partial charge in [-0.15, -0.1) is 0 Å². The van der Waals surface area contributed by atoms with Crippen LogP contribution in [0.4, 0.5) is 0 Å². The summed E-state index contributed by atoms with van der Waals surface area (Å²) in [6.07, 6.45) is 7.67. The molecule has 0 heterocycles. The summed E-state index contributed by atoms with van der Waals surface area (Å²) in [7, 11) is 0. The SMILES string of the molecule is O=C(O)C1CCC(NC(=O)C2CCCCC2)C1. The van der Waals surface area contributed by atoms with Crippen molar-refractivity contribution in [2.45, 2.75) is 57.4 Å². The van der Waals surface area contributed by atoms with Crippen molar-refractivity contribution in [1.82, 2.24) is 5.32 Å². The van der Waals surface area contributed by atoms with Crippen molar-refractivity contribution in [3.63, 3.8) is 0 Å². The molecule has 2 fully saturated rings. The van der Waals surface area contributed by atoms with E-state index < -0.39 is 5.97 Å². The number of aliphatic carboxylic acids is 1. The first-order valence-electron chi connectivity index (χ1n) is 6.70. The Labute approximate surface area is 102 Å². The number of hydrogen-bond acceptors (Lipinski definition) is 2. The molecule has 0 bridgehead atoms. The van der Waals surface area contributed by atoms with Gasteiger partial charge in [-0.05, 0) is 32.1 Å². The second-order valence-electron chi connectivity index (χ2n) is 5.39. The second-order valence-corrected chi connectivity index (χ2v) is 5.39. The zero-order valence-electron chi connectivity index (χ0n) is 10.2. The Hall–Kier alpha value is -1.06. The molecular formula is C13H21NO3. The largest absolute Gasteiger partial charge is 0.481 e. The summed E-state index contributed by atoms with van der Waals surface area (Å²) in [6, 6.07) is 0.0885. The van der Waals surface area contributed by atoms with E-state index in [2.05, 4.69) is 5.32 Å². The number of hydrogen-bond donors (Lipinski definition) is 2. The van der Waals surface area contributed by atoms with Crippen molar-refractivity contribution >= 4 is 11.9 Å². The molecule has 2 rings (SSSR count). The normalized spacial score (nSPS) is 30.1. The lowest BCUT2D eigenvalue weighted by molar-refractivity contribution is -0.141. The van der Waals surface area contributed by atoms with Crippen LogP contribution in [0.1, 0.15) is 51.4 Å². The fourth-order valence-electron chi connectivity index (χ4n) is 3.02. The smallest absolute Gasteiger partial charge is 0.306 e. The molecule has 2 atom stereocenters. The van der Waals surface area contributed by atoms with Crippen molar-refractivity contribution < 1.29 is 14.7 Å². The minimum atomic E-state index is -0.723. The molecule has 0 aliphatic heterocycles. The summed E-state index contributed by atoms with van der Waals surface area (Å²) in [5.41, 5.74) is 0. The lowest BCUT2D eigenvalue weighted by Gasteiger charge is -2.23. The van der Waals surface area contributed by atoms with Crippen molar-refractivity contribution in [1.29, 1.82) is 0 Å². The Morgan fingerprint density at radius 2 is 1.65 bits per heavy atom. The van der Waals surface area contributed by atoms with E-state index in [1.54, 1.807) is 0 Å². The van der Waals surface area contributed by atoms with Crippen molar-refractivity contribution in [3.8, 4) is 0 Å². The molecule has 4 nitrogen and oxygen atoms in total. The van der Waals surface area contributed by atoms with Crippen LogP contribution < -0.4 is 5.32 Å². The van der Waals surface area contributed by atoms with E-state index in [1.165, 1.54) is 6.42 Å². The van der Waals surface area contributed by atoms with Crippen LogP contribution in [-0.4, -0.2) is 23.0 Å². The van der Waals surface area contributed by atoms with E-state index in [9.17, 15) is 9.59 Å². The van der Waals surface area contributed by atoms with Crippen LogP contribution in [-0.2, 0) is 9.59 Å². The van der Waals surface area contributed by atoms with Gasteiger partial charge in [-0.2, -0.15) is 0 Å². The summed E-state index contributed by atoms with van der Waals surface area (Å²) < 4.78 is 0. The van der Waals surface area contributed by atoms with Gasteiger partial charge in [-0.3, -0.25) is 9.59 Å². The topological polar surface area (TPSA) is 66.4 Å². The quantitative estimate of drug-likeness (QED) is 0.791. The Morgan fingerprint density at radius 3 is 2.24 bits per heavy atom. The summed E-state index contributed by atoms with van der Waals surface area (Å²) in [6.45, 7) is 0. The molecule has 2 aliphatic rings. The van der Waals surface area contributed by atoms with Crippen molar-refractivity contribution in [3.05, 3.63) is 0 Å². The van der Waals surface area contributed by atoms with Crippen LogP contribution in [0, 0.1) is 11.8 Å². The lowest BCUT2D eigenvalue weighted by atomic mass is 9.88. The highest BCUT2D eigenvalue weighted by Gasteiger charge is 2.32. The van der Waals surface area contributed by atoms with Crippen LogP contribution in [0.25, 0.3) is 0 Å². The third-order valence-corrected chi connectivity index (χ3v) is 4.10. The molecule has 0 aromatic rings. The van der Waals surface area contributed by atoms with Crippen molar-refractivity contribution in [2.75, 3.05) is 0 Å². The number of carboxylic acid groups (broad SMARTS) is 1. The van der Waals surface area contributed by atoms with Gasteiger partial charge in [0.1, 0.15) is 0 Å². The average Bonchev–Trinajstić information content (AvgIpc) is 2.79. The highest BCUT2D eigenvalue weighted by molar-refractivity contribution is 5.79. The maximum absolute atomic E-state index is 12.0. The average molecular weight is 239 g/mol. The Bertz CT molecular complexity index is 297. The molecule has 2 N–H and O–H groups in total. The second kappa shape index (κ2) is 5.52. The predicted molar refractivity (Wildman–Crippen MR) is 63.5 cm³/mol. The summed E-state index contributed by atoms with van der Waals surface area (Å²) >= 11 is 0. The summed E-state index contributed by atoms with van der Waals surface area (Å²) in [4.78, 5) is 22.8. The molecule has 0 spiro atoms. The van der Waals surface area contributed by atoms with Gasteiger partial charge in [0.25, 0.3) is 0 Å². The Kier molecular flexibility index (Phi) is 4.02. The summed E-state index contributed by atoms with van der Waals surface area (Å²) in [5.74, 6) is -0.653. The minimum Gasteiger partial charge on any atom is -0.481 e. The number of rotatable bonds is 3. The molecule has 4 heteroatoms. The van der Waals surface area contributed by atoms with Crippen molar-refractivity contribution in [2.24, 2.45) is 11.8 Å². The molecular weight excluding hydrogens is 218 g/mol. The molecule has 2 aliphatic carbocycles. The highest BCUT2D eigenvalue weighted by Crippen LogP contribution is 2.28. The molecule has 2 saturated carbocycles. The molecule has 0 aromatic heterocycles. The molecule has 0 aromatic carbocycles. The predicted octanol–water partition coefficient (Wildman–Crippen LogP) is 1.94.